The van der Waals surface area contributed by atoms with Gasteiger partial charge in [-0.3, -0.25) is 9.59 Å². The molecule has 0 spiro atoms. The van der Waals surface area contributed by atoms with Crippen LogP contribution in [0.15, 0.2) is 36.4 Å². The van der Waals surface area contributed by atoms with Gasteiger partial charge >= 0.3 is 12.2 Å². The van der Waals surface area contributed by atoms with Gasteiger partial charge in [-0.05, 0) is 42.3 Å². The van der Waals surface area contributed by atoms with Crippen molar-refractivity contribution in [3.8, 4) is 17.6 Å². The molecule has 2 bridgehead atoms. The molecule has 37 heavy (non-hydrogen) atoms. The smallest absolute Gasteiger partial charge is 0.417 e. The molecule has 2 aromatic rings. The first-order valence-electron chi connectivity index (χ1n) is 11.4. The molecule has 3 fully saturated rings. The molecule has 5 rings (SSSR count). The number of nitriles is 1. The zero-order chi connectivity index (χ0) is 26.6. The second kappa shape index (κ2) is 8.69. The summed E-state index contributed by atoms with van der Waals surface area (Å²) in [5.41, 5.74) is -1.42. The molecule has 3 atom stereocenters. The summed E-state index contributed by atoms with van der Waals surface area (Å²) < 4.78 is 50.9. The molecule has 0 N–H and O–H groups in total. The van der Waals surface area contributed by atoms with Gasteiger partial charge in [-0.15, -0.1) is 0 Å². The second-order valence-corrected chi connectivity index (χ2v) is 9.02. The minimum absolute atomic E-state index is 0.0344. The largest absolute Gasteiger partial charge is 0.493 e. The SMILES string of the molecule is COc1ccc(CC(=O)N2C[C@@H]3C[C@H]2[C@H]2C(=O)N(c4ccc(C#N)c(C(F)(F)F)c4)C(=O)N32)cc1OC. The fourth-order valence-electron chi connectivity index (χ4n) is 5.45. The van der Waals surface area contributed by atoms with Crippen molar-refractivity contribution in [2.45, 2.75) is 37.1 Å². The Morgan fingerprint density at radius 2 is 1.84 bits per heavy atom. The van der Waals surface area contributed by atoms with Crippen LogP contribution in [0.1, 0.15) is 23.1 Å². The lowest BCUT2D eigenvalue weighted by Crippen LogP contribution is -2.55. The quantitative estimate of drug-likeness (QED) is 0.569. The molecule has 0 unspecified atom stereocenters. The lowest BCUT2D eigenvalue weighted by Gasteiger charge is -2.35. The molecule has 192 valence electrons. The molecule has 0 aromatic heterocycles. The summed E-state index contributed by atoms with van der Waals surface area (Å²) in [6, 6.07) is 6.59. The molecule has 2 aromatic carbocycles. The van der Waals surface area contributed by atoms with Gasteiger partial charge in [0.25, 0.3) is 5.91 Å². The Kier molecular flexibility index (Phi) is 5.73. The Bertz CT molecular complexity index is 1350. The number of piperazine rings is 1. The lowest BCUT2D eigenvalue weighted by atomic mass is 10.0. The summed E-state index contributed by atoms with van der Waals surface area (Å²) in [6.45, 7) is 0.224. The highest BCUT2D eigenvalue weighted by Gasteiger charge is 2.62. The maximum atomic E-state index is 13.5. The normalized spacial score (nSPS) is 22.4. The van der Waals surface area contributed by atoms with Crippen LogP contribution in [0.4, 0.5) is 23.7 Å². The van der Waals surface area contributed by atoms with E-state index in [0.29, 0.717) is 34.4 Å². The van der Waals surface area contributed by atoms with E-state index in [1.807, 2.05) is 0 Å². The summed E-state index contributed by atoms with van der Waals surface area (Å²) in [6.07, 6.45) is -4.39. The van der Waals surface area contributed by atoms with Gasteiger partial charge in [0.1, 0.15) is 6.04 Å². The summed E-state index contributed by atoms with van der Waals surface area (Å²) in [7, 11) is 2.98. The molecular weight excluding hydrogens is 493 g/mol. The van der Waals surface area contributed by atoms with Gasteiger partial charge < -0.3 is 19.3 Å². The second-order valence-electron chi connectivity index (χ2n) is 9.02. The fourth-order valence-corrected chi connectivity index (χ4v) is 5.45. The van der Waals surface area contributed by atoms with E-state index in [9.17, 15) is 27.6 Å². The number of ether oxygens (including phenoxy) is 2. The van der Waals surface area contributed by atoms with Crippen molar-refractivity contribution < 1.29 is 37.0 Å². The first-order valence-corrected chi connectivity index (χ1v) is 11.4. The van der Waals surface area contributed by atoms with Crippen molar-refractivity contribution in [1.29, 1.82) is 5.26 Å². The number of carbonyl (C=O) groups excluding carboxylic acids is 3. The number of rotatable bonds is 5. The average Bonchev–Trinajstić information content (AvgIpc) is 3.54. The molecule has 4 amide bonds. The van der Waals surface area contributed by atoms with Crippen molar-refractivity contribution >= 4 is 23.5 Å². The zero-order valence-electron chi connectivity index (χ0n) is 19.8. The minimum Gasteiger partial charge on any atom is -0.493 e. The number of benzene rings is 2. The number of alkyl halides is 3. The third-order valence-electron chi connectivity index (χ3n) is 7.08. The maximum Gasteiger partial charge on any atom is 0.417 e. The predicted octanol–water partition coefficient (Wildman–Crippen LogP) is 2.96. The van der Waals surface area contributed by atoms with Crippen LogP contribution >= 0.6 is 0 Å². The van der Waals surface area contributed by atoms with Gasteiger partial charge in [0.2, 0.25) is 5.91 Å². The van der Waals surface area contributed by atoms with Crippen molar-refractivity contribution in [1.82, 2.24) is 9.80 Å². The number of fused-ring (bicyclic) bond motifs is 5. The first kappa shape index (κ1) is 24.4. The van der Waals surface area contributed by atoms with Gasteiger partial charge in [0.05, 0.1) is 55.6 Å². The summed E-state index contributed by atoms with van der Waals surface area (Å²) >= 11 is 0. The number of carbonyl (C=O) groups is 3. The Morgan fingerprint density at radius 3 is 2.49 bits per heavy atom. The van der Waals surface area contributed by atoms with Crippen LogP contribution in [0.2, 0.25) is 0 Å². The van der Waals surface area contributed by atoms with E-state index in [1.165, 1.54) is 25.2 Å². The van der Waals surface area contributed by atoms with E-state index in [0.717, 1.165) is 12.1 Å². The standard InChI is InChI=1S/C25H21F3N4O5/c1-36-19-6-3-13(7-20(19)37-2)8-21(33)30-12-16-10-18(30)22-23(34)32(24(35)31(16)22)15-5-4-14(11-29)17(9-15)25(26,27)28/h3-7,9,16,18,22H,8,10,12H2,1-2H3/t16-,18-,22-/m0/s1. The highest BCUT2D eigenvalue weighted by molar-refractivity contribution is 6.22. The molecule has 3 aliphatic heterocycles. The minimum atomic E-state index is -4.84. The van der Waals surface area contributed by atoms with Crippen LogP contribution in [0.3, 0.4) is 0 Å². The average molecular weight is 514 g/mol. The Morgan fingerprint density at radius 1 is 1.11 bits per heavy atom. The van der Waals surface area contributed by atoms with E-state index in [2.05, 4.69) is 0 Å². The lowest BCUT2D eigenvalue weighted by molar-refractivity contribution is -0.138. The van der Waals surface area contributed by atoms with Crippen LogP contribution in [0.5, 0.6) is 11.5 Å². The predicted molar refractivity (Wildman–Crippen MR) is 122 cm³/mol. The van der Waals surface area contributed by atoms with Crippen LogP contribution < -0.4 is 14.4 Å². The number of imide groups is 1. The molecule has 0 aliphatic carbocycles. The number of hydrogen-bond acceptors (Lipinski definition) is 6. The molecule has 9 nitrogen and oxygen atoms in total. The van der Waals surface area contributed by atoms with Crippen molar-refractivity contribution in [2.24, 2.45) is 0 Å². The van der Waals surface area contributed by atoms with Gasteiger partial charge in [-0.1, -0.05) is 6.07 Å². The summed E-state index contributed by atoms with van der Waals surface area (Å²) in [5, 5.41) is 9.04. The van der Waals surface area contributed by atoms with E-state index in [-0.39, 0.29) is 24.6 Å². The molecule has 0 radical (unpaired) electrons. The third kappa shape index (κ3) is 3.82. The van der Waals surface area contributed by atoms with Crippen molar-refractivity contribution in [3.63, 3.8) is 0 Å². The van der Waals surface area contributed by atoms with E-state index >= 15 is 0 Å². The molecular formula is C25H21F3N4O5. The Labute approximate surface area is 209 Å². The molecule has 12 heteroatoms. The molecule has 3 aliphatic rings. The molecule has 3 saturated heterocycles. The number of nitrogens with zero attached hydrogens (tertiary/aromatic N) is 4. The highest BCUT2D eigenvalue weighted by atomic mass is 19.4. The topological polar surface area (TPSA) is 103 Å². The molecule has 0 saturated carbocycles. The van der Waals surface area contributed by atoms with Gasteiger partial charge in [-0.25, -0.2) is 9.69 Å². The number of hydrogen-bond donors (Lipinski definition) is 0. The third-order valence-corrected chi connectivity index (χ3v) is 7.08. The number of urea groups is 1. The van der Waals surface area contributed by atoms with Crippen LogP contribution in [0.25, 0.3) is 0 Å². The van der Waals surface area contributed by atoms with E-state index < -0.39 is 47.4 Å². The number of likely N-dealkylation sites (tertiary alicyclic amines) is 1. The van der Waals surface area contributed by atoms with E-state index in [4.69, 9.17) is 14.7 Å². The van der Waals surface area contributed by atoms with Gasteiger partial charge in [-0.2, -0.15) is 18.4 Å². The van der Waals surface area contributed by atoms with Gasteiger partial charge in [0, 0.05) is 6.54 Å². The maximum absolute atomic E-state index is 13.5. The van der Waals surface area contributed by atoms with Crippen LogP contribution in [-0.4, -0.2) is 66.5 Å². The number of halogens is 3. The number of amides is 4. The highest BCUT2D eigenvalue weighted by Crippen LogP contribution is 2.43. The Hall–Kier alpha value is -4.27. The van der Waals surface area contributed by atoms with E-state index in [1.54, 1.807) is 23.1 Å². The number of anilines is 1. The van der Waals surface area contributed by atoms with Gasteiger partial charge in [0.15, 0.2) is 11.5 Å². The summed E-state index contributed by atoms with van der Waals surface area (Å²) in [5.74, 6) is 0.0470. The Balaban J connectivity index is 1.38. The summed E-state index contributed by atoms with van der Waals surface area (Å²) in [4.78, 5) is 43.3. The van der Waals surface area contributed by atoms with Crippen molar-refractivity contribution in [2.75, 3.05) is 25.7 Å². The van der Waals surface area contributed by atoms with Crippen LogP contribution in [0, 0.1) is 11.3 Å². The first-order chi connectivity index (χ1) is 17.6. The molecule has 3 heterocycles. The van der Waals surface area contributed by atoms with Crippen molar-refractivity contribution in [3.05, 3.63) is 53.1 Å². The zero-order valence-corrected chi connectivity index (χ0v) is 19.8. The monoisotopic (exact) mass is 514 g/mol. The van der Waals surface area contributed by atoms with Crippen LogP contribution in [-0.2, 0) is 22.2 Å². The fraction of sp³-hybridized carbons (Fsp3) is 0.360. The number of methoxy groups -OCH3 is 2.